The lowest BCUT2D eigenvalue weighted by atomic mass is 10.3. The quantitative estimate of drug-likeness (QED) is 0.672. The van der Waals surface area contributed by atoms with E-state index in [1.807, 2.05) is 0 Å². The normalized spacial score (nSPS) is 20.9. The number of nitrogens with zero attached hydrogens (tertiary/aromatic N) is 2. The van der Waals surface area contributed by atoms with Gasteiger partial charge in [-0.15, -0.1) is 0 Å². The van der Waals surface area contributed by atoms with Crippen LogP contribution >= 0.6 is 0 Å². The summed E-state index contributed by atoms with van der Waals surface area (Å²) in [7, 11) is 1.73. The zero-order valence-electron chi connectivity index (χ0n) is 10.4. The minimum Gasteiger partial charge on any atom is -0.337 e. The first-order valence-electron chi connectivity index (χ1n) is 6.43. The number of carbonyl (C=O) groups excluding carboxylic acids is 2. The Morgan fingerprint density at radius 2 is 2.06 bits per heavy atom. The molecule has 0 bridgehead atoms. The molecule has 1 aliphatic carbocycles. The van der Waals surface area contributed by atoms with Gasteiger partial charge in [0, 0.05) is 33.2 Å². The number of hydrogen-bond acceptors (Lipinski definition) is 3. The second kappa shape index (κ2) is 5.49. The van der Waals surface area contributed by atoms with Crippen LogP contribution in [0.4, 0.5) is 0 Å². The molecule has 1 saturated heterocycles. The van der Waals surface area contributed by atoms with Gasteiger partial charge in [-0.25, -0.2) is 0 Å². The predicted octanol–water partition coefficient (Wildman–Crippen LogP) is -0.323. The highest BCUT2D eigenvalue weighted by Crippen LogP contribution is 2.29. The molecule has 2 fully saturated rings. The van der Waals surface area contributed by atoms with Crippen LogP contribution in [0.5, 0.6) is 0 Å². The topological polar surface area (TPSA) is 52.7 Å². The Morgan fingerprint density at radius 3 is 2.76 bits per heavy atom. The van der Waals surface area contributed by atoms with Crippen LogP contribution in [0.2, 0.25) is 0 Å². The molecule has 17 heavy (non-hydrogen) atoms. The lowest BCUT2D eigenvalue weighted by Gasteiger charge is -2.23. The first-order valence-corrected chi connectivity index (χ1v) is 6.43. The van der Waals surface area contributed by atoms with Crippen molar-refractivity contribution in [3.8, 4) is 0 Å². The van der Waals surface area contributed by atoms with Gasteiger partial charge in [0.1, 0.15) is 0 Å². The lowest BCUT2D eigenvalue weighted by molar-refractivity contribution is -0.151. The summed E-state index contributed by atoms with van der Waals surface area (Å²) >= 11 is 0. The molecule has 0 radical (unpaired) electrons. The molecular weight excluding hydrogens is 218 g/mol. The second-order valence-corrected chi connectivity index (χ2v) is 5.02. The van der Waals surface area contributed by atoms with Gasteiger partial charge in [-0.1, -0.05) is 0 Å². The van der Waals surface area contributed by atoms with Crippen LogP contribution in [0.3, 0.4) is 0 Å². The Labute approximate surface area is 102 Å². The molecule has 2 rings (SSSR count). The van der Waals surface area contributed by atoms with Crippen molar-refractivity contribution in [1.82, 2.24) is 15.1 Å². The van der Waals surface area contributed by atoms with Crippen molar-refractivity contribution in [3.63, 3.8) is 0 Å². The highest BCUT2D eigenvalue weighted by molar-refractivity contribution is 6.34. The lowest BCUT2D eigenvalue weighted by Crippen LogP contribution is -2.45. The van der Waals surface area contributed by atoms with Gasteiger partial charge in [0.2, 0.25) is 0 Å². The summed E-state index contributed by atoms with van der Waals surface area (Å²) in [6.45, 7) is 3.77. The molecule has 0 aromatic carbocycles. The van der Waals surface area contributed by atoms with Crippen LogP contribution in [0, 0.1) is 5.92 Å². The Kier molecular flexibility index (Phi) is 3.99. The van der Waals surface area contributed by atoms with Crippen LogP contribution in [0.25, 0.3) is 0 Å². The first-order chi connectivity index (χ1) is 8.18. The van der Waals surface area contributed by atoms with Crippen molar-refractivity contribution in [2.24, 2.45) is 5.92 Å². The summed E-state index contributed by atoms with van der Waals surface area (Å²) in [5.74, 6) is -0.0572. The first kappa shape index (κ1) is 12.4. The molecule has 1 saturated carbocycles. The fourth-order valence-electron chi connectivity index (χ4n) is 2.12. The van der Waals surface area contributed by atoms with E-state index in [-0.39, 0.29) is 11.8 Å². The summed E-state index contributed by atoms with van der Waals surface area (Å²) in [6, 6.07) is 0. The van der Waals surface area contributed by atoms with Gasteiger partial charge in [-0.3, -0.25) is 9.59 Å². The standard InChI is InChI=1S/C12H21N3O2/c1-14(9-10-3-4-10)11(16)12(17)15-7-2-5-13-6-8-15/h10,13H,2-9H2,1H3. The van der Waals surface area contributed by atoms with Gasteiger partial charge in [-0.05, 0) is 31.7 Å². The molecule has 0 unspecified atom stereocenters. The third-order valence-corrected chi connectivity index (χ3v) is 3.39. The van der Waals surface area contributed by atoms with Gasteiger partial charge in [0.25, 0.3) is 0 Å². The number of hydrogen-bond donors (Lipinski definition) is 1. The van der Waals surface area contributed by atoms with Crippen LogP contribution in [-0.4, -0.2) is 61.4 Å². The summed E-state index contributed by atoms with van der Waals surface area (Å²) in [5, 5.41) is 3.22. The van der Waals surface area contributed by atoms with Gasteiger partial charge < -0.3 is 15.1 Å². The van der Waals surface area contributed by atoms with E-state index in [0.717, 1.165) is 26.1 Å². The molecule has 5 nitrogen and oxygen atoms in total. The highest BCUT2D eigenvalue weighted by atomic mass is 16.2. The number of likely N-dealkylation sites (N-methyl/N-ethyl adjacent to an activating group) is 1. The smallest absolute Gasteiger partial charge is 0.312 e. The SMILES string of the molecule is CN(CC1CC1)C(=O)C(=O)N1CCCNCC1. The predicted molar refractivity (Wildman–Crippen MR) is 64.4 cm³/mol. The molecule has 1 aliphatic heterocycles. The van der Waals surface area contributed by atoms with E-state index in [1.165, 1.54) is 12.8 Å². The minimum atomic E-state index is -0.348. The van der Waals surface area contributed by atoms with Gasteiger partial charge >= 0.3 is 11.8 Å². The zero-order chi connectivity index (χ0) is 12.3. The van der Waals surface area contributed by atoms with E-state index in [9.17, 15) is 9.59 Å². The van der Waals surface area contributed by atoms with Crippen LogP contribution in [0.1, 0.15) is 19.3 Å². The fraction of sp³-hybridized carbons (Fsp3) is 0.833. The Hall–Kier alpha value is -1.10. The van der Waals surface area contributed by atoms with E-state index in [1.54, 1.807) is 16.8 Å². The summed E-state index contributed by atoms with van der Waals surface area (Å²) in [4.78, 5) is 27.2. The van der Waals surface area contributed by atoms with Crippen LogP contribution < -0.4 is 5.32 Å². The largest absolute Gasteiger partial charge is 0.337 e. The number of amides is 2. The van der Waals surface area contributed by atoms with Crippen molar-refractivity contribution in [3.05, 3.63) is 0 Å². The average Bonchev–Trinajstić information content (AvgIpc) is 3.12. The van der Waals surface area contributed by atoms with Crippen LogP contribution in [0.15, 0.2) is 0 Å². The number of rotatable bonds is 2. The van der Waals surface area contributed by atoms with Crippen molar-refractivity contribution in [2.75, 3.05) is 39.8 Å². The Morgan fingerprint density at radius 1 is 1.29 bits per heavy atom. The molecule has 0 spiro atoms. The van der Waals surface area contributed by atoms with Crippen molar-refractivity contribution in [2.45, 2.75) is 19.3 Å². The van der Waals surface area contributed by atoms with E-state index in [4.69, 9.17) is 0 Å². The summed E-state index contributed by atoms with van der Waals surface area (Å²) < 4.78 is 0. The summed E-state index contributed by atoms with van der Waals surface area (Å²) in [5.41, 5.74) is 0. The summed E-state index contributed by atoms with van der Waals surface area (Å²) in [6.07, 6.45) is 3.31. The maximum Gasteiger partial charge on any atom is 0.312 e. The molecule has 0 aromatic heterocycles. The molecule has 1 heterocycles. The molecule has 1 N–H and O–H groups in total. The Bertz CT molecular complexity index is 294. The maximum atomic E-state index is 12.0. The average molecular weight is 239 g/mol. The molecule has 96 valence electrons. The third-order valence-electron chi connectivity index (χ3n) is 3.39. The molecule has 5 heteroatoms. The van der Waals surface area contributed by atoms with E-state index in [2.05, 4.69) is 5.32 Å². The monoisotopic (exact) mass is 239 g/mol. The van der Waals surface area contributed by atoms with E-state index in [0.29, 0.717) is 19.0 Å². The Balaban J connectivity index is 1.85. The second-order valence-electron chi connectivity index (χ2n) is 5.02. The number of carbonyl (C=O) groups is 2. The van der Waals surface area contributed by atoms with Gasteiger partial charge in [-0.2, -0.15) is 0 Å². The molecule has 2 aliphatic rings. The molecule has 0 atom stereocenters. The van der Waals surface area contributed by atoms with E-state index >= 15 is 0 Å². The zero-order valence-corrected chi connectivity index (χ0v) is 10.4. The number of nitrogens with one attached hydrogen (secondary N) is 1. The highest BCUT2D eigenvalue weighted by Gasteiger charge is 2.29. The fourth-order valence-corrected chi connectivity index (χ4v) is 2.12. The van der Waals surface area contributed by atoms with Gasteiger partial charge in [0.05, 0.1) is 0 Å². The maximum absolute atomic E-state index is 12.0. The minimum absolute atomic E-state index is 0.336. The molecular formula is C12H21N3O2. The molecule has 0 aromatic rings. The van der Waals surface area contributed by atoms with E-state index < -0.39 is 0 Å². The van der Waals surface area contributed by atoms with Crippen molar-refractivity contribution >= 4 is 11.8 Å². The van der Waals surface area contributed by atoms with Crippen LogP contribution in [-0.2, 0) is 9.59 Å². The van der Waals surface area contributed by atoms with Gasteiger partial charge in [0.15, 0.2) is 0 Å². The third kappa shape index (κ3) is 3.43. The molecule has 2 amide bonds. The van der Waals surface area contributed by atoms with Crippen molar-refractivity contribution < 1.29 is 9.59 Å². The van der Waals surface area contributed by atoms with Crippen molar-refractivity contribution in [1.29, 1.82) is 0 Å².